The van der Waals surface area contributed by atoms with Crippen molar-refractivity contribution < 1.29 is 75.1 Å². The smallest absolute Gasteiger partial charge is 0.337 e. The number of thioether (sulfide) groups is 1. The highest BCUT2D eigenvalue weighted by molar-refractivity contribution is 9.14. The summed E-state index contributed by atoms with van der Waals surface area (Å²) in [4.78, 5) is 71.2. The second-order valence-electron chi connectivity index (χ2n) is 11.0. The van der Waals surface area contributed by atoms with E-state index in [0.717, 1.165) is 18.2 Å². The average Bonchev–Trinajstić information content (AvgIpc) is 3.08. The minimum atomic E-state index is -5.21. The molecule has 2 aromatic rings. The predicted molar refractivity (Wildman–Crippen MR) is 202 cm³/mol. The van der Waals surface area contributed by atoms with Gasteiger partial charge in [-0.3, -0.25) is 33.1 Å². The van der Waals surface area contributed by atoms with Crippen LogP contribution in [0.3, 0.4) is 0 Å². The highest BCUT2D eigenvalue weighted by Gasteiger charge is 2.33. The number of amides is 2. The molecule has 0 fully saturated rings. The lowest BCUT2D eigenvalue weighted by Crippen LogP contribution is -2.49. The summed E-state index contributed by atoms with van der Waals surface area (Å²) in [6, 6.07) is -0.426. The van der Waals surface area contributed by atoms with Crippen molar-refractivity contribution in [1.82, 2.24) is 10.6 Å². The molecule has 1 aliphatic carbocycles. The number of hydrogen-bond acceptors (Lipinski definition) is 13. The van der Waals surface area contributed by atoms with Gasteiger partial charge in [0.2, 0.25) is 11.8 Å². The van der Waals surface area contributed by atoms with Crippen molar-refractivity contribution in [3.8, 4) is 5.75 Å². The van der Waals surface area contributed by atoms with E-state index < -0.39 is 108 Å². The van der Waals surface area contributed by atoms with E-state index in [0.29, 0.717) is 30.0 Å². The summed E-state index contributed by atoms with van der Waals surface area (Å²) in [7, 11) is -10.4. The maximum Gasteiger partial charge on any atom is 0.337 e. The third-order valence-corrected chi connectivity index (χ3v) is 13.9. The van der Waals surface area contributed by atoms with Crippen LogP contribution in [0.15, 0.2) is 70.1 Å². The van der Waals surface area contributed by atoms with Gasteiger partial charge < -0.3 is 36.8 Å². The number of aromatic hydroxyl groups is 1. The number of benzene rings is 2. The molecule has 296 valence electrons. The lowest BCUT2D eigenvalue weighted by molar-refractivity contribution is -0.139. The summed E-state index contributed by atoms with van der Waals surface area (Å²) >= 11 is 10.5. The summed E-state index contributed by atoms with van der Waals surface area (Å²) in [5, 5.41) is 43.4. The normalized spacial score (nSPS) is 15.1. The summed E-state index contributed by atoms with van der Waals surface area (Å²) in [5.74, 6) is -9.12. The van der Waals surface area contributed by atoms with E-state index in [1.54, 1.807) is 0 Å². The fourth-order valence-electron chi connectivity index (χ4n) is 4.72. The molecule has 0 aromatic heterocycles. The zero-order valence-electron chi connectivity index (χ0n) is 27.1. The Hall–Kier alpha value is -3.95. The number of nitrogens with one attached hydrogen (secondary N) is 2. The van der Waals surface area contributed by atoms with Crippen LogP contribution < -0.4 is 16.4 Å². The molecule has 2 amide bonds. The molecule has 55 heavy (non-hydrogen) atoms. The highest BCUT2D eigenvalue weighted by atomic mass is 79.9. The molecular weight excluding hydrogens is 994 g/mol. The van der Waals surface area contributed by atoms with Gasteiger partial charge in [-0.15, -0.1) is 11.8 Å². The van der Waals surface area contributed by atoms with Crippen molar-refractivity contribution in [3.05, 3.63) is 77.0 Å². The molecule has 0 aliphatic heterocycles. The Bertz CT molecular complexity index is 2330. The molecule has 0 unspecified atom stereocenters. The Labute approximate surface area is 340 Å². The number of carboxylic acids is 3. The summed E-state index contributed by atoms with van der Waals surface area (Å²) in [6.07, 6.45) is 1.57. The number of allylic oxidation sites excluding steroid dienone is 5. The zero-order chi connectivity index (χ0) is 41.7. The number of nitrogens with two attached hydrogens (primary N) is 1. The maximum absolute atomic E-state index is 13.2. The number of carboxylic acid groups (broad SMARTS) is 3. The number of rotatable bonds is 16. The van der Waals surface area contributed by atoms with Crippen LogP contribution in [-0.2, 0) is 44.2 Å². The minimum absolute atomic E-state index is 0.00573. The fraction of sp³-hybridized carbons (Fsp3) is 0.200. The second kappa shape index (κ2) is 18.3. The first kappa shape index (κ1) is 45.4. The first-order chi connectivity index (χ1) is 25.4. The number of aliphatic carboxylic acids is 2. The lowest BCUT2D eigenvalue weighted by atomic mass is 9.88. The average molecular weight is 1020 g/mol. The Morgan fingerprint density at radius 1 is 0.891 bits per heavy atom. The lowest BCUT2D eigenvalue weighted by Gasteiger charge is -2.24. The molecular formula is C30H26Br3N3O16S3. The molecule has 0 heterocycles. The number of carbonyl (C=O) groups excluding carboxylic acids is 3. The van der Waals surface area contributed by atoms with Crippen molar-refractivity contribution in [2.24, 2.45) is 5.73 Å². The number of carbonyl (C=O) groups is 6. The van der Waals surface area contributed by atoms with E-state index in [1.807, 2.05) is 0 Å². The van der Waals surface area contributed by atoms with Crippen LogP contribution in [-0.4, -0.2) is 106 Å². The van der Waals surface area contributed by atoms with Gasteiger partial charge in [-0.1, -0.05) is 12.1 Å². The van der Waals surface area contributed by atoms with Gasteiger partial charge in [0, 0.05) is 36.1 Å². The number of phenols is 1. The fourth-order valence-corrected chi connectivity index (χ4v) is 9.19. The first-order valence-corrected chi connectivity index (χ1v) is 20.9. The van der Waals surface area contributed by atoms with E-state index in [1.165, 1.54) is 0 Å². The molecule has 2 atom stereocenters. The first-order valence-electron chi connectivity index (χ1n) is 14.7. The van der Waals surface area contributed by atoms with Crippen LogP contribution in [0.2, 0.25) is 0 Å². The number of phenolic OH excluding ortho intramolecular Hbond substituents is 1. The van der Waals surface area contributed by atoms with Gasteiger partial charge in [0.1, 0.15) is 34.2 Å². The Balaban J connectivity index is 2.37. The molecule has 3 rings (SSSR count). The van der Waals surface area contributed by atoms with Gasteiger partial charge in [0.25, 0.3) is 20.2 Å². The minimum Gasteiger partial charge on any atom is -0.506 e. The summed E-state index contributed by atoms with van der Waals surface area (Å²) in [6.45, 7) is -0.887. The molecule has 0 saturated carbocycles. The van der Waals surface area contributed by atoms with Crippen LogP contribution in [0.5, 0.6) is 5.75 Å². The van der Waals surface area contributed by atoms with E-state index >= 15 is 0 Å². The number of halogens is 3. The van der Waals surface area contributed by atoms with Crippen molar-refractivity contribution in [1.29, 1.82) is 0 Å². The largest absolute Gasteiger partial charge is 0.506 e. The molecule has 10 N–H and O–H groups in total. The Kier molecular flexibility index (Phi) is 15.1. The third kappa shape index (κ3) is 11.3. The van der Waals surface area contributed by atoms with E-state index in [2.05, 4.69) is 58.4 Å². The predicted octanol–water partition coefficient (Wildman–Crippen LogP) is 2.31. The monoisotopic (exact) mass is 1020 g/mol. The molecule has 1 aliphatic rings. The number of hydrogen-bond donors (Lipinski definition) is 9. The van der Waals surface area contributed by atoms with E-state index in [9.17, 15) is 64.9 Å². The van der Waals surface area contributed by atoms with E-state index in [4.69, 9.17) is 15.9 Å². The molecule has 0 bridgehead atoms. The standard InChI is InChI=1S/C30H26Br3N3O16S3/c31-24-22(21(11-1-4-15(37)17(7-11)54(47,48)49)12-2-5-16(38)18(8-12)55(50,51)52)23(30(45)46)27(26(33)25(24)32)53-10-14(28(42)35-9-20(40)41)36-19(39)6-3-13(34)29(43)44/h1-2,4-5,7-8,13-14,37H,3,6,9-10,34H2,(H,35,42)(H,36,39)(H,40,41)(H,43,44)(H,45,46)(H,47,48,49)(H,50,51,52)/b21-12-/t13-,14-/m0/s1. The molecule has 19 nitrogen and oxygen atoms in total. The van der Waals surface area contributed by atoms with Crippen molar-refractivity contribution in [2.75, 3.05) is 12.3 Å². The third-order valence-electron chi connectivity index (χ3n) is 7.24. The zero-order valence-corrected chi connectivity index (χ0v) is 34.4. The molecule has 0 radical (unpaired) electrons. The van der Waals surface area contributed by atoms with Gasteiger partial charge in [-0.05, 0) is 95.2 Å². The topological polar surface area (TPSA) is 342 Å². The number of ketones is 1. The molecule has 25 heteroatoms. The maximum atomic E-state index is 13.2. The summed E-state index contributed by atoms with van der Waals surface area (Å²) in [5.41, 5.74) is 3.47. The summed E-state index contributed by atoms with van der Waals surface area (Å²) < 4.78 is 68.2. The Morgan fingerprint density at radius 2 is 1.53 bits per heavy atom. The molecule has 0 saturated heterocycles. The Morgan fingerprint density at radius 3 is 2.07 bits per heavy atom. The van der Waals surface area contributed by atoms with E-state index in [-0.39, 0.29) is 47.0 Å². The van der Waals surface area contributed by atoms with Crippen molar-refractivity contribution in [2.45, 2.75) is 34.7 Å². The van der Waals surface area contributed by atoms with Crippen LogP contribution >= 0.6 is 59.6 Å². The SMILES string of the molecule is N[C@@H](CCC(=O)N[C@@H](CSc1c(Br)c(Br)c(Br)c(/C(=C2/C=CC(=O)C(S(=O)(=O)O)=C2)c2ccc(O)c(S(=O)(=O)O)c2)c1C(=O)O)C(=O)NCC(=O)O)C(=O)O. The van der Waals surface area contributed by atoms with Gasteiger partial charge in [0.15, 0.2) is 5.78 Å². The van der Waals surface area contributed by atoms with Crippen molar-refractivity contribution in [3.63, 3.8) is 0 Å². The highest BCUT2D eigenvalue weighted by Crippen LogP contribution is 2.49. The second-order valence-corrected chi connectivity index (χ2v) is 17.2. The van der Waals surface area contributed by atoms with Crippen LogP contribution in [0.4, 0.5) is 0 Å². The van der Waals surface area contributed by atoms with Crippen LogP contribution in [0.25, 0.3) is 5.57 Å². The van der Waals surface area contributed by atoms with Gasteiger partial charge >= 0.3 is 17.9 Å². The van der Waals surface area contributed by atoms with Gasteiger partial charge in [-0.25, -0.2) is 4.79 Å². The van der Waals surface area contributed by atoms with Crippen LogP contribution in [0.1, 0.15) is 34.3 Å². The van der Waals surface area contributed by atoms with Crippen molar-refractivity contribution >= 4 is 121 Å². The van der Waals surface area contributed by atoms with Crippen LogP contribution in [0, 0.1) is 0 Å². The molecule has 0 spiro atoms. The number of aromatic carboxylic acids is 1. The van der Waals surface area contributed by atoms with Gasteiger partial charge in [-0.2, -0.15) is 16.8 Å². The van der Waals surface area contributed by atoms with Gasteiger partial charge in [0.05, 0.1) is 5.56 Å². The molecule has 2 aromatic carbocycles. The quantitative estimate of drug-likeness (QED) is 0.0662.